The van der Waals surface area contributed by atoms with Crippen molar-refractivity contribution in [2.24, 2.45) is 0 Å². The summed E-state index contributed by atoms with van der Waals surface area (Å²) in [5.41, 5.74) is 2.34. The van der Waals surface area contributed by atoms with Gasteiger partial charge in [0.05, 0.1) is 5.56 Å². The smallest absolute Gasteiger partial charge is 0.338 e. The maximum atomic E-state index is 12.9. The van der Waals surface area contributed by atoms with Gasteiger partial charge in [0, 0.05) is 6.61 Å². The van der Waals surface area contributed by atoms with E-state index < -0.39 is 12.2 Å². The van der Waals surface area contributed by atoms with E-state index in [1.807, 2.05) is 78.9 Å². The molecule has 4 rings (SSSR count). The fourth-order valence-corrected chi connectivity index (χ4v) is 3.65. The molecule has 0 bridgehead atoms. The van der Waals surface area contributed by atoms with Gasteiger partial charge in [-0.25, -0.2) is 4.79 Å². The van der Waals surface area contributed by atoms with Crippen LogP contribution in [0.4, 0.5) is 0 Å². The zero-order valence-corrected chi connectivity index (χ0v) is 16.9. The Labute approximate surface area is 177 Å². The van der Waals surface area contributed by atoms with Gasteiger partial charge in [0.25, 0.3) is 0 Å². The molecule has 3 aromatic rings. The van der Waals surface area contributed by atoms with E-state index in [1.54, 1.807) is 12.1 Å². The van der Waals surface area contributed by atoms with E-state index >= 15 is 0 Å². The molecule has 1 saturated heterocycles. The van der Waals surface area contributed by atoms with Crippen LogP contribution < -0.4 is 0 Å². The molecule has 0 spiro atoms. The third kappa shape index (κ3) is 5.15. The third-order valence-electron chi connectivity index (χ3n) is 5.21. The largest absolute Gasteiger partial charge is 0.451 e. The summed E-state index contributed by atoms with van der Waals surface area (Å²) in [5, 5.41) is 0. The van der Waals surface area contributed by atoms with Crippen molar-refractivity contribution in [1.82, 2.24) is 0 Å². The van der Waals surface area contributed by atoms with Crippen molar-refractivity contribution in [3.05, 3.63) is 108 Å². The fourth-order valence-electron chi connectivity index (χ4n) is 3.65. The number of carbonyl (C=O) groups is 1. The molecule has 4 nitrogen and oxygen atoms in total. The molecule has 0 aromatic heterocycles. The molecule has 1 aliphatic heterocycles. The van der Waals surface area contributed by atoms with Crippen molar-refractivity contribution in [3.63, 3.8) is 0 Å². The Kier molecular flexibility index (Phi) is 6.91. The van der Waals surface area contributed by atoms with Gasteiger partial charge < -0.3 is 14.2 Å². The molecule has 30 heavy (non-hydrogen) atoms. The molecule has 0 N–H and O–H groups in total. The van der Waals surface area contributed by atoms with Gasteiger partial charge in [-0.05, 0) is 42.5 Å². The van der Waals surface area contributed by atoms with Crippen LogP contribution in [-0.2, 0) is 14.2 Å². The molecule has 1 unspecified atom stereocenters. The minimum Gasteiger partial charge on any atom is -0.451 e. The lowest BCUT2D eigenvalue weighted by Gasteiger charge is -2.32. The van der Waals surface area contributed by atoms with E-state index in [9.17, 15) is 4.79 Å². The summed E-state index contributed by atoms with van der Waals surface area (Å²) in [5.74, 6) is -0.376. The summed E-state index contributed by atoms with van der Waals surface area (Å²) in [6.07, 6.45) is 1.53. The van der Waals surface area contributed by atoms with Crippen LogP contribution in [0.25, 0.3) is 0 Å². The number of benzene rings is 3. The van der Waals surface area contributed by atoms with Gasteiger partial charge >= 0.3 is 5.97 Å². The molecular formula is C26H26O4. The third-order valence-corrected chi connectivity index (χ3v) is 5.21. The summed E-state index contributed by atoms with van der Waals surface area (Å²) >= 11 is 0. The average molecular weight is 402 g/mol. The normalized spacial score (nSPS) is 18.3. The van der Waals surface area contributed by atoms with Gasteiger partial charge in [-0.15, -0.1) is 0 Å². The minimum absolute atomic E-state index is 0.314. The van der Waals surface area contributed by atoms with Crippen molar-refractivity contribution < 1.29 is 19.0 Å². The lowest BCUT2D eigenvalue weighted by atomic mass is 9.97. The number of rotatable bonds is 7. The van der Waals surface area contributed by atoms with E-state index in [2.05, 4.69) is 0 Å². The lowest BCUT2D eigenvalue weighted by molar-refractivity contribution is -0.210. The SMILES string of the molecule is O=C(O[C@H](c1ccccc1)[C@H](OC1CCCCO1)c1ccccc1)c1ccccc1. The second kappa shape index (κ2) is 10.2. The highest BCUT2D eigenvalue weighted by atomic mass is 16.7. The van der Waals surface area contributed by atoms with E-state index in [-0.39, 0.29) is 12.3 Å². The van der Waals surface area contributed by atoms with Crippen molar-refractivity contribution in [2.75, 3.05) is 6.61 Å². The molecule has 0 radical (unpaired) electrons. The Balaban J connectivity index is 1.67. The molecule has 0 saturated carbocycles. The van der Waals surface area contributed by atoms with Crippen molar-refractivity contribution in [2.45, 2.75) is 37.8 Å². The topological polar surface area (TPSA) is 44.8 Å². The summed E-state index contributed by atoms with van der Waals surface area (Å²) in [4.78, 5) is 12.9. The molecule has 1 aliphatic rings. The van der Waals surface area contributed by atoms with Crippen LogP contribution in [0.1, 0.15) is 53.0 Å². The average Bonchev–Trinajstić information content (AvgIpc) is 2.83. The molecule has 0 aliphatic carbocycles. The molecule has 3 atom stereocenters. The van der Waals surface area contributed by atoms with Gasteiger partial charge in [-0.2, -0.15) is 0 Å². The zero-order valence-electron chi connectivity index (χ0n) is 16.9. The van der Waals surface area contributed by atoms with E-state index in [0.29, 0.717) is 12.2 Å². The maximum absolute atomic E-state index is 12.9. The first-order valence-corrected chi connectivity index (χ1v) is 10.4. The van der Waals surface area contributed by atoms with Gasteiger partial charge in [0.1, 0.15) is 6.10 Å². The van der Waals surface area contributed by atoms with Gasteiger partial charge in [0.2, 0.25) is 0 Å². The molecular weight excluding hydrogens is 376 g/mol. The van der Waals surface area contributed by atoms with Crippen molar-refractivity contribution in [1.29, 1.82) is 0 Å². The van der Waals surface area contributed by atoms with Crippen molar-refractivity contribution >= 4 is 5.97 Å². The Morgan fingerprint density at radius 2 is 1.33 bits per heavy atom. The van der Waals surface area contributed by atoms with Crippen LogP contribution in [0, 0.1) is 0 Å². The molecule has 4 heteroatoms. The Morgan fingerprint density at radius 1 is 0.767 bits per heavy atom. The van der Waals surface area contributed by atoms with E-state index in [4.69, 9.17) is 14.2 Å². The number of hydrogen-bond acceptors (Lipinski definition) is 4. The zero-order chi connectivity index (χ0) is 20.6. The predicted molar refractivity (Wildman–Crippen MR) is 115 cm³/mol. The first-order valence-electron chi connectivity index (χ1n) is 10.4. The summed E-state index contributed by atoms with van der Waals surface area (Å²) in [6.45, 7) is 0.686. The molecule has 1 fully saturated rings. The van der Waals surface area contributed by atoms with Gasteiger partial charge in [-0.3, -0.25) is 0 Å². The second-order valence-electron chi connectivity index (χ2n) is 7.37. The number of carbonyl (C=O) groups excluding carboxylic acids is 1. The summed E-state index contributed by atoms with van der Waals surface area (Å²) in [6, 6.07) is 28.7. The van der Waals surface area contributed by atoms with Crippen LogP contribution >= 0.6 is 0 Å². The number of hydrogen-bond donors (Lipinski definition) is 0. The quantitative estimate of drug-likeness (QED) is 0.464. The Bertz CT molecular complexity index is 906. The second-order valence-corrected chi connectivity index (χ2v) is 7.37. The monoisotopic (exact) mass is 402 g/mol. The highest BCUT2D eigenvalue weighted by Crippen LogP contribution is 2.38. The molecule has 1 heterocycles. The predicted octanol–water partition coefficient (Wildman–Crippen LogP) is 5.87. The van der Waals surface area contributed by atoms with Gasteiger partial charge in [-0.1, -0.05) is 78.9 Å². The minimum atomic E-state index is -0.605. The first-order chi connectivity index (χ1) is 14.8. The molecule has 154 valence electrons. The van der Waals surface area contributed by atoms with Crippen LogP contribution in [0.15, 0.2) is 91.0 Å². The van der Waals surface area contributed by atoms with E-state index in [1.165, 1.54) is 0 Å². The highest BCUT2D eigenvalue weighted by molar-refractivity contribution is 5.89. The van der Waals surface area contributed by atoms with Crippen LogP contribution in [-0.4, -0.2) is 18.9 Å². The summed E-state index contributed by atoms with van der Waals surface area (Å²) in [7, 11) is 0. The number of esters is 1. The fraction of sp³-hybridized carbons (Fsp3) is 0.269. The number of ether oxygens (including phenoxy) is 3. The van der Waals surface area contributed by atoms with Crippen molar-refractivity contribution in [3.8, 4) is 0 Å². The maximum Gasteiger partial charge on any atom is 0.338 e. The van der Waals surface area contributed by atoms with Crippen LogP contribution in [0.5, 0.6) is 0 Å². The highest BCUT2D eigenvalue weighted by Gasteiger charge is 2.32. The standard InChI is InChI=1S/C26H26O4/c27-26(22-16-8-3-9-17-22)30-25(21-14-6-2-7-15-21)24(20-12-4-1-5-13-20)29-23-18-10-11-19-28-23/h1-9,12-17,23-25H,10-11,18-19H2/t23?,24-,25-/m1/s1. The summed E-state index contributed by atoms with van der Waals surface area (Å²) < 4.78 is 18.3. The van der Waals surface area contributed by atoms with E-state index in [0.717, 1.165) is 30.4 Å². The molecule has 0 amide bonds. The van der Waals surface area contributed by atoms with Gasteiger partial charge in [0.15, 0.2) is 12.4 Å². The molecule has 3 aromatic carbocycles. The lowest BCUT2D eigenvalue weighted by Crippen LogP contribution is -2.29. The first kappa shape index (κ1) is 20.3. The van der Waals surface area contributed by atoms with Crippen LogP contribution in [0.3, 0.4) is 0 Å². The Morgan fingerprint density at radius 3 is 1.90 bits per heavy atom. The Hall–Kier alpha value is -2.95. The van der Waals surface area contributed by atoms with Crippen LogP contribution in [0.2, 0.25) is 0 Å².